The molecule has 1 aliphatic heterocycles. The molecule has 0 aromatic heterocycles. The Bertz CT molecular complexity index is 305. The van der Waals surface area contributed by atoms with Crippen LogP contribution in [0.2, 0.25) is 0 Å². The predicted molar refractivity (Wildman–Crippen MR) is 46.2 cm³/mol. The Morgan fingerprint density at radius 3 is 2.67 bits per heavy atom. The highest BCUT2D eigenvalue weighted by Crippen LogP contribution is 2.30. The first-order valence-corrected chi connectivity index (χ1v) is 3.85. The van der Waals surface area contributed by atoms with E-state index in [0.29, 0.717) is 13.2 Å². The number of fused-ring (bicyclic) bond motifs is 1. The van der Waals surface area contributed by atoms with Gasteiger partial charge in [-0.15, -0.1) is 0 Å². The third kappa shape index (κ3) is 1.16. The Morgan fingerprint density at radius 2 is 1.92 bits per heavy atom. The van der Waals surface area contributed by atoms with Crippen LogP contribution in [0, 0.1) is 6.58 Å². The molecule has 61 valence electrons. The number of ether oxygens (including phenoxy) is 2. The van der Waals surface area contributed by atoms with E-state index >= 15 is 0 Å². The summed E-state index contributed by atoms with van der Waals surface area (Å²) in [4.78, 5) is 0. The van der Waals surface area contributed by atoms with Gasteiger partial charge < -0.3 is 9.47 Å². The fourth-order valence-corrected chi connectivity index (χ4v) is 1.16. The van der Waals surface area contributed by atoms with Gasteiger partial charge in [0.15, 0.2) is 11.5 Å². The molecule has 0 aliphatic carbocycles. The summed E-state index contributed by atoms with van der Waals surface area (Å²) >= 11 is 0. The van der Waals surface area contributed by atoms with Crippen molar-refractivity contribution in [2.75, 3.05) is 13.2 Å². The van der Waals surface area contributed by atoms with Gasteiger partial charge in [-0.05, 0) is 17.7 Å². The van der Waals surface area contributed by atoms with Crippen molar-refractivity contribution in [3.63, 3.8) is 0 Å². The molecule has 1 aliphatic rings. The van der Waals surface area contributed by atoms with Crippen molar-refractivity contribution in [3.8, 4) is 11.5 Å². The molecule has 2 nitrogen and oxygen atoms in total. The largest absolute Gasteiger partial charge is 0.486 e. The van der Waals surface area contributed by atoms with Crippen molar-refractivity contribution >= 4 is 6.08 Å². The van der Waals surface area contributed by atoms with Crippen LogP contribution in [0.25, 0.3) is 6.08 Å². The number of benzene rings is 1. The highest BCUT2D eigenvalue weighted by Gasteiger charge is 2.10. The maximum absolute atomic E-state index is 5.37. The van der Waals surface area contributed by atoms with E-state index in [9.17, 15) is 0 Å². The second kappa shape index (κ2) is 2.89. The van der Waals surface area contributed by atoms with Gasteiger partial charge in [0.2, 0.25) is 0 Å². The molecule has 1 aromatic carbocycles. The molecule has 0 atom stereocenters. The van der Waals surface area contributed by atoms with Gasteiger partial charge in [-0.3, -0.25) is 0 Å². The summed E-state index contributed by atoms with van der Waals surface area (Å²) in [5.41, 5.74) is 0.944. The summed E-state index contributed by atoms with van der Waals surface area (Å²) in [5, 5.41) is 0. The van der Waals surface area contributed by atoms with E-state index in [0.717, 1.165) is 17.1 Å². The fourth-order valence-electron chi connectivity index (χ4n) is 1.16. The molecular formula is C10H9O2. The molecule has 12 heavy (non-hydrogen) atoms. The second-order valence-electron chi connectivity index (χ2n) is 2.57. The Labute approximate surface area is 71.4 Å². The van der Waals surface area contributed by atoms with Crippen molar-refractivity contribution in [2.45, 2.75) is 0 Å². The number of rotatable bonds is 1. The van der Waals surface area contributed by atoms with Gasteiger partial charge in [-0.25, -0.2) is 0 Å². The molecule has 0 fully saturated rings. The molecule has 1 aromatic rings. The topological polar surface area (TPSA) is 18.5 Å². The normalized spacial score (nSPS) is 14.0. The van der Waals surface area contributed by atoms with Crippen LogP contribution in [0.5, 0.6) is 11.5 Å². The SMILES string of the molecule is [CH]=Cc1ccc2c(c1)OCCO2. The minimum atomic E-state index is 0.612. The first-order valence-electron chi connectivity index (χ1n) is 3.85. The maximum Gasteiger partial charge on any atom is 0.161 e. The summed E-state index contributed by atoms with van der Waals surface area (Å²) in [6, 6.07) is 5.63. The summed E-state index contributed by atoms with van der Waals surface area (Å²) in [6.07, 6.45) is 1.54. The van der Waals surface area contributed by atoms with Gasteiger partial charge in [-0.1, -0.05) is 18.7 Å². The minimum absolute atomic E-state index is 0.612. The quantitative estimate of drug-likeness (QED) is 0.626. The van der Waals surface area contributed by atoms with Gasteiger partial charge >= 0.3 is 0 Å². The lowest BCUT2D eigenvalue weighted by molar-refractivity contribution is 0.171. The van der Waals surface area contributed by atoms with Gasteiger partial charge in [0, 0.05) is 0 Å². The van der Waals surface area contributed by atoms with Crippen LogP contribution in [0.1, 0.15) is 5.56 Å². The van der Waals surface area contributed by atoms with E-state index in [4.69, 9.17) is 16.1 Å². The van der Waals surface area contributed by atoms with E-state index in [1.165, 1.54) is 6.08 Å². The van der Waals surface area contributed by atoms with Gasteiger partial charge in [0.1, 0.15) is 13.2 Å². The van der Waals surface area contributed by atoms with Crippen LogP contribution in [0.4, 0.5) is 0 Å². The molecule has 0 unspecified atom stereocenters. The van der Waals surface area contributed by atoms with Crippen LogP contribution in [0.15, 0.2) is 18.2 Å². The molecule has 0 bridgehead atoms. The van der Waals surface area contributed by atoms with Crippen molar-refractivity contribution in [2.24, 2.45) is 0 Å². The first-order chi connectivity index (χ1) is 5.90. The van der Waals surface area contributed by atoms with E-state index in [1.54, 1.807) is 0 Å². The molecule has 1 radical (unpaired) electrons. The second-order valence-corrected chi connectivity index (χ2v) is 2.57. The van der Waals surface area contributed by atoms with E-state index < -0.39 is 0 Å². The zero-order chi connectivity index (χ0) is 8.39. The molecule has 0 N–H and O–H groups in total. The average molecular weight is 161 g/mol. The lowest BCUT2D eigenvalue weighted by Gasteiger charge is -2.18. The summed E-state index contributed by atoms with van der Waals surface area (Å²) in [7, 11) is 0. The van der Waals surface area contributed by atoms with Crippen LogP contribution >= 0.6 is 0 Å². The summed E-state index contributed by atoms with van der Waals surface area (Å²) < 4.78 is 10.7. The highest BCUT2D eigenvalue weighted by atomic mass is 16.6. The monoisotopic (exact) mass is 161 g/mol. The van der Waals surface area contributed by atoms with Crippen molar-refractivity contribution < 1.29 is 9.47 Å². The van der Waals surface area contributed by atoms with Crippen LogP contribution in [-0.4, -0.2) is 13.2 Å². The number of hydrogen-bond acceptors (Lipinski definition) is 2. The highest BCUT2D eigenvalue weighted by molar-refractivity contribution is 5.54. The lowest BCUT2D eigenvalue weighted by atomic mass is 10.2. The third-order valence-corrected chi connectivity index (χ3v) is 1.76. The average Bonchev–Trinajstić information content (AvgIpc) is 2.17. The zero-order valence-electron chi connectivity index (χ0n) is 6.62. The van der Waals surface area contributed by atoms with Gasteiger partial charge in [0.25, 0.3) is 0 Å². The Morgan fingerprint density at radius 1 is 1.17 bits per heavy atom. The standard InChI is InChI=1S/C10H9O2/c1-2-8-3-4-9-10(7-8)12-6-5-11-9/h1-4,7H,5-6H2. The van der Waals surface area contributed by atoms with E-state index in [1.807, 2.05) is 18.2 Å². The Hall–Kier alpha value is -1.44. The zero-order valence-corrected chi connectivity index (χ0v) is 6.62. The summed E-state index contributed by atoms with van der Waals surface area (Å²) in [6.45, 7) is 6.60. The molecular weight excluding hydrogens is 152 g/mol. The molecule has 1 heterocycles. The lowest BCUT2D eigenvalue weighted by Crippen LogP contribution is -2.15. The van der Waals surface area contributed by atoms with Gasteiger partial charge in [0.05, 0.1) is 0 Å². The van der Waals surface area contributed by atoms with E-state index in [2.05, 4.69) is 0 Å². The van der Waals surface area contributed by atoms with Gasteiger partial charge in [-0.2, -0.15) is 0 Å². The first kappa shape index (κ1) is 7.22. The molecule has 0 spiro atoms. The van der Waals surface area contributed by atoms with Crippen LogP contribution < -0.4 is 9.47 Å². The smallest absolute Gasteiger partial charge is 0.161 e. The Balaban J connectivity index is 2.42. The third-order valence-electron chi connectivity index (χ3n) is 1.76. The minimum Gasteiger partial charge on any atom is -0.486 e. The van der Waals surface area contributed by atoms with Crippen molar-refractivity contribution in [1.82, 2.24) is 0 Å². The van der Waals surface area contributed by atoms with Crippen molar-refractivity contribution in [1.29, 1.82) is 0 Å². The molecule has 0 saturated heterocycles. The Kier molecular flexibility index (Phi) is 1.74. The molecule has 0 amide bonds. The molecule has 0 saturated carbocycles. The van der Waals surface area contributed by atoms with E-state index in [-0.39, 0.29) is 0 Å². The summed E-state index contributed by atoms with van der Waals surface area (Å²) in [5.74, 6) is 1.58. The number of hydrogen-bond donors (Lipinski definition) is 0. The van der Waals surface area contributed by atoms with Crippen LogP contribution in [-0.2, 0) is 0 Å². The van der Waals surface area contributed by atoms with Crippen LogP contribution in [0.3, 0.4) is 0 Å². The van der Waals surface area contributed by atoms with Crippen molar-refractivity contribution in [3.05, 3.63) is 30.3 Å². The molecule has 2 heteroatoms. The fraction of sp³-hybridized carbons (Fsp3) is 0.200. The maximum atomic E-state index is 5.37. The molecule has 2 rings (SSSR count). The predicted octanol–water partition coefficient (Wildman–Crippen LogP) is 1.90.